The lowest BCUT2D eigenvalue weighted by Gasteiger charge is -2.28. The van der Waals surface area contributed by atoms with E-state index in [0.717, 1.165) is 17.2 Å². The molecule has 0 saturated carbocycles. The van der Waals surface area contributed by atoms with Crippen LogP contribution in [0.15, 0.2) is 0 Å². The molecule has 0 aliphatic rings. The summed E-state index contributed by atoms with van der Waals surface area (Å²) in [7, 11) is 2.24. The summed E-state index contributed by atoms with van der Waals surface area (Å²) < 4.78 is 0. The van der Waals surface area contributed by atoms with Crippen LogP contribution in [0, 0.1) is 11.8 Å². The average Bonchev–Trinajstić information content (AvgIpc) is 2.13. The van der Waals surface area contributed by atoms with E-state index in [1.165, 1.54) is 19.4 Å². The van der Waals surface area contributed by atoms with Crippen molar-refractivity contribution in [1.29, 1.82) is 0 Å². The summed E-state index contributed by atoms with van der Waals surface area (Å²) in [6, 6.07) is 0.700. The molecule has 0 aromatic carbocycles. The Morgan fingerprint density at radius 1 is 1.07 bits per heavy atom. The first-order chi connectivity index (χ1) is 6.49. The molecule has 0 fully saturated rings. The SMILES string of the molecule is CC(CCBr)CCN(C)C(C)C(C)C. The van der Waals surface area contributed by atoms with E-state index < -0.39 is 0 Å². The van der Waals surface area contributed by atoms with E-state index in [-0.39, 0.29) is 0 Å². The fraction of sp³-hybridized carbons (Fsp3) is 1.00. The summed E-state index contributed by atoms with van der Waals surface area (Å²) >= 11 is 3.50. The number of alkyl halides is 1. The van der Waals surface area contributed by atoms with Gasteiger partial charge in [-0.3, -0.25) is 0 Å². The molecule has 0 heterocycles. The normalized spacial score (nSPS) is 16.3. The van der Waals surface area contributed by atoms with Crippen molar-refractivity contribution < 1.29 is 0 Å². The molecule has 1 nitrogen and oxygen atoms in total. The molecule has 0 amide bonds. The first-order valence-electron chi connectivity index (χ1n) is 5.75. The van der Waals surface area contributed by atoms with Crippen molar-refractivity contribution in [2.45, 2.75) is 46.6 Å². The predicted molar refractivity (Wildman–Crippen MR) is 69.1 cm³/mol. The number of nitrogens with zero attached hydrogens (tertiary/aromatic N) is 1. The maximum atomic E-state index is 3.50. The third-order valence-electron chi connectivity index (χ3n) is 3.24. The lowest BCUT2D eigenvalue weighted by molar-refractivity contribution is 0.196. The molecule has 0 aromatic heterocycles. The summed E-state index contributed by atoms with van der Waals surface area (Å²) in [6.45, 7) is 10.5. The third-order valence-corrected chi connectivity index (χ3v) is 3.69. The van der Waals surface area contributed by atoms with Crippen molar-refractivity contribution in [1.82, 2.24) is 4.90 Å². The maximum absolute atomic E-state index is 3.50. The summed E-state index contributed by atoms with van der Waals surface area (Å²) in [4.78, 5) is 2.48. The Morgan fingerprint density at radius 3 is 2.07 bits per heavy atom. The van der Waals surface area contributed by atoms with Crippen LogP contribution in [0.5, 0.6) is 0 Å². The Hall–Kier alpha value is 0.440. The van der Waals surface area contributed by atoms with Gasteiger partial charge in [-0.05, 0) is 45.2 Å². The van der Waals surface area contributed by atoms with Gasteiger partial charge in [-0.15, -0.1) is 0 Å². The molecule has 0 aliphatic heterocycles. The third kappa shape index (κ3) is 6.02. The van der Waals surface area contributed by atoms with E-state index in [1.54, 1.807) is 0 Å². The van der Waals surface area contributed by atoms with E-state index in [0.29, 0.717) is 6.04 Å². The summed E-state index contributed by atoms with van der Waals surface area (Å²) in [6.07, 6.45) is 2.61. The molecule has 0 N–H and O–H groups in total. The Balaban J connectivity index is 3.67. The second kappa shape index (κ2) is 7.70. The zero-order valence-corrected chi connectivity index (χ0v) is 12.0. The van der Waals surface area contributed by atoms with Crippen LogP contribution in [-0.4, -0.2) is 29.9 Å². The minimum absolute atomic E-state index is 0.700. The smallest absolute Gasteiger partial charge is 0.00868 e. The van der Waals surface area contributed by atoms with E-state index in [1.807, 2.05) is 0 Å². The lowest BCUT2D eigenvalue weighted by Crippen LogP contribution is -2.34. The molecule has 0 radical (unpaired) electrons. The van der Waals surface area contributed by atoms with Crippen LogP contribution in [0.3, 0.4) is 0 Å². The number of hydrogen-bond donors (Lipinski definition) is 0. The van der Waals surface area contributed by atoms with Crippen LogP contribution in [-0.2, 0) is 0 Å². The van der Waals surface area contributed by atoms with Gasteiger partial charge in [0.25, 0.3) is 0 Å². The molecular weight excluding hydrogens is 238 g/mol. The van der Waals surface area contributed by atoms with Crippen LogP contribution < -0.4 is 0 Å². The van der Waals surface area contributed by atoms with Crippen LogP contribution in [0.4, 0.5) is 0 Å². The highest BCUT2D eigenvalue weighted by Crippen LogP contribution is 2.13. The first kappa shape index (κ1) is 14.4. The zero-order valence-electron chi connectivity index (χ0n) is 10.4. The molecule has 86 valence electrons. The molecule has 2 atom stereocenters. The van der Waals surface area contributed by atoms with Gasteiger partial charge in [0.2, 0.25) is 0 Å². The molecule has 0 spiro atoms. The molecule has 14 heavy (non-hydrogen) atoms. The van der Waals surface area contributed by atoms with Gasteiger partial charge in [0.15, 0.2) is 0 Å². The van der Waals surface area contributed by atoms with Gasteiger partial charge in [-0.25, -0.2) is 0 Å². The van der Waals surface area contributed by atoms with Crippen molar-refractivity contribution in [3.8, 4) is 0 Å². The molecule has 0 aromatic rings. The van der Waals surface area contributed by atoms with Crippen molar-refractivity contribution in [2.75, 3.05) is 18.9 Å². The fourth-order valence-corrected chi connectivity index (χ4v) is 2.25. The molecule has 0 saturated heterocycles. The van der Waals surface area contributed by atoms with E-state index in [9.17, 15) is 0 Å². The van der Waals surface area contributed by atoms with E-state index >= 15 is 0 Å². The van der Waals surface area contributed by atoms with Crippen molar-refractivity contribution in [3.05, 3.63) is 0 Å². The van der Waals surface area contributed by atoms with Crippen molar-refractivity contribution in [3.63, 3.8) is 0 Å². The Morgan fingerprint density at radius 2 is 1.64 bits per heavy atom. The van der Waals surface area contributed by atoms with Gasteiger partial charge in [-0.1, -0.05) is 36.7 Å². The highest BCUT2D eigenvalue weighted by atomic mass is 79.9. The maximum Gasteiger partial charge on any atom is 0.00868 e. The van der Waals surface area contributed by atoms with E-state index in [4.69, 9.17) is 0 Å². The Labute approximate surface area is 98.4 Å². The molecule has 0 aliphatic carbocycles. The van der Waals surface area contributed by atoms with Crippen molar-refractivity contribution >= 4 is 15.9 Å². The van der Waals surface area contributed by atoms with Gasteiger partial charge in [-0.2, -0.15) is 0 Å². The lowest BCUT2D eigenvalue weighted by atomic mass is 10.0. The van der Waals surface area contributed by atoms with Gasteiger partial charge < -0.3 is 4.90 Å². The van der Waals surface area contributed by atoms with Gasteiger partial charge >= 0.3 is 0 Å². The topological polar surface area (TPSA) is 3.24 Å². The molecule has 0 bridgehead atoms. The monoisotopic (exact) mass is 263 g/mol. The first-order valence-corrected chi connectivity index (χ1v) is 6.87. The van der Waals surface area contributed by atoms with Gasteiger partial charge in [0, 0.05) is 11.4 Å². The van der Waals surface area contributed by atoms with Crippen LogP contribution in [0.2, 0.25) is 0 Å². The molecular formula is C12H26BrN. The summed E-state index contributed by atoms with van der Waals surface area (Å²) in [5, 5.41) is 1.14. The second-order valence-electron chi connectivity index (χ2n) is 4.84. The molecule has 2 heteroatoms. The number of hydrogen-bond acceptors (Lipinski definition) is 1. The minimum atomic E-state index is 0.700. The largest absolute Gasteiger partial charge is 0.303 e. The molecule has 0 rings (SSSR count). The quantitative estimate of drug-likeness (QED) is 0.633. The van der Waals surface area contributed by atoms with Crippen LogP contribution >= 0.6 is 15.9 Å². The van der Waals surface area contributed by atoms with Gasteiger partial charge in [0.1, 0.15) is 0 Å². The van der Waals surface area contributed by atoms with Crippen molar-refractivity contribution in [2.24, 2.45) is 11.8 Å². The Kier molecular flexibility index (Phi) is 7.94. The predicted octanol–water partition coefficient (Wildman–Crippen LogP) is 3.77. The minimum Gasteiger partial charge on any atom is -0.303 e. The number of halogens is 1. The summed E-state index contributed by atoms with van der Waals surface area (Å²) in [5.41, 5.74) is 0. The van der Waals surface area contributed by atoms with Crippen LogP contribution in [0.1, 0.15) is 40.5 Å². The Bertz CT molecular complexity index is 136. The summed E-state index contributed by atoms with van der Waals surface area (Å²) in [5.74, 6) is 1.60. The second-order valence-corrected chi connectivity index (χ2v) is 5.63. The highest BCUT2D eigenvalue weighted by molar-refractivity contribution is 9.09. The fourth-order valence-electron chi connectivity index (χ4n) is 1.47. The van der Waals surface area contributed by atoms with E-state index in [2.05, 4.69) is 55.6 Å². The van der Waals surface area contributed by atoms with Crippen LogP contribution in [0.25, 0.3) is 0 Å². The average molecular weight is 264 g/mol. The highest BCUT2D eigenvalue weighted by Gasteiger charge is 2.13. The number of rotatable bonds is 7. The standard InChI is InChI=1S/C12H26BrN/c1-10(2)12(4)14(5)9-7-11(3)6-8-13/h10-12H,6-9H2,1-5H3. The zero-order chi connectivity index (χ0) is 11.1. The molecule has 2 unspecified atom stereocenters. The van der Waals surface area contributed by atoms with Gasteiger partial charge in [0.05, 0.1) is 0 Å².